The van der Waals surface area contributed by atoms with E-state index in [0.29, 0.717) is 19.3 Å². The van der Waals surface area contributed by atoms with E-state index in [1.165, 1.54) is 89.9 Å². The highest BCUT2D eigenvalue weighted by atomic mass is 16.6. The molecule has 0 fully saturated rings. The summed E-state index contributed by atoms with van der Waals surface area (Å²) in [6.45, 7) is 6.34. The Morgan fingerprint density at radius 3 is 1.18 bits per heavy atom. The Bertz CT molecular complexity index is 1220. The summed E-state index contributed by atoms with van der Waals surface area (Å²) in [7, 11) is 0. The number of hydrogen-bond acceptors (Lipinski definition) is 6. The van der Waals surface area contributed by atoms with Crippen molar-refractivity contribution < 1.29 is 28.6 Å². The van der Waals surface area contributed by atoms with Gasteiger partial charge in [0.1, 0.15) is 13.2 Å². The summed E-state index contributed by atoms with van der Waals surface area (Å²) in [5.41, 5.74) is 0. The maximum Gasteiger partial charge on any atom is 0.306 e. The molecule has 0 rings (SSSR count). The van der Waals surface area contributed by atoms with Crippen LogP contribution in [-0.4, -0.2) is 37.2 Å². The molecule has 0 spiro atoms. The van der Waals surface area contributed by atoms with Crippen LogP contribution in [0.1, 0.15) is 233 Å². The van der Waals surface area contributed by atoms with Crippen LogP contribution in [0.5, 0.6) is 0 Å². The van der Waals surface area contributed by atoms with E-state index in [9.17, 15) is 14.4 Å². The molecule has 0 saturated heterocycles. The van der Waals surface area contributed by atoms with Crippen LogP contribution in [0.15, 0.2) is 85.1 Å². The average Bonchev–Trinajstić information content (AvgIpc) is 3.27. The predicted molar refractivity (Wildman–Crippen MR) is 265 cm³/mol. The van der Waals surface area contributed by atoms with Crippen molar-refractivity contribution in [2.45, 2.75) is 239 Å². The molecule has 1 atom stereocenters. The van der Waals surface area contributed by atoms with E-state index in [1.807, 2.05) is 48.6 Å². The topological polar surface area (TPSA) is 78.9 Å². The lowest BCUT2D eigenvalue weighted by molar-refractivity contribution is -0.167. The fourth-order valence-corrected chi connectivity index (χ4v) is 6.97. The Morgan fingerprint density at radius 1 is 0.355 bits per heavy atom. The van der Waals surface area contributed by atoms with Gasteiger partial charge in [-0.05, 0) is 64.2 Å². The standard InChI is InChI=1S/C56H94O6/c1-4-7-10-13-16-19-22-25-27-28-30-31-34-37-40-43-46-49-55(58)61-52-53(51-60-54(57)48-45-42-39-36-33-24-21-18-15-12-9-6-3)62-56(59)50-47-44-41-38-35-32-29-26-23-20-17-14-11-8-5-2/h8-9,11-12,14,17-18,20-21,23,26,29,32,35,53H,4-7,10,13,15-16,19,22,24-25,27-28,30-31,33-34,36-52H2,1-3H3/b11-8-,12-9-,17-14-,21-18-,23-20-,29-26-,35-32-. The van der Waals surface area contributed by atoms with Gasteiger partial charge in [-0.2, -0.15) is 0 Å². The van der Waals surface area contributed by atoms with Gasteiger partial charge in [0.05, 0.1) is 0 Å². The molecule has 0 heterocycles. The van der Waals surface area contributed by atoms with Crippen molar-refractivity contribution in [3.8, 4) is 0 Å². The molecule has 354 valence electrons. The van der Waals surface area contributed by atoms with Gasteiger partial charge in [-0.25, -0.2) is 0 Å². The van der Waals surface area contributed by atoms with E-state index in [4.69, 9.17) is 14.2 Å². The first-order valence-corrected chi connectivity index (χ1v) is 25.7. The lowest BCUT2D eigenvalue weighted by Gasteiger charge is -2.18. The zero-order valence-corrected chi connectivity index (χ0v) is 40.4. The maximum atomic E-state index is 12.8. The Kier molecular flexibility index (Phi) is 47.5. The van der Waals surface area contributed by atoms with Crippen LogP contribution in [0, 0.1) is 0 Å². The van der Waals surface area contributed by atoms with E-state index in [-0.39, 0.29) is 37.5 Å². The van der Waals surface area contributed by atoms with Crippen LogP contribution in [0.25, 0.3) is 0 Å². The highest BCUT2D eigenvalue weighted by molar-refractivity contribution is 5.71. The number of allylic oxidation sites excluding steroid dienone is 14. The SMILES string of the molecule is CC\C=C/C=C\C=C/C=C\C=C/CCCCCC(=O)OC(COC(=O)CCCCCCC/C=C\C/C=C\CC)COC(=O)CCCCCCCCCCCCCCCCCCC. The molecule has 0 aromatic carbocycles. The largest absolute Gasteiger partial charge is 0.462 e. The second-order valence-corrected chi connectivity index (χ2v) is 16.8. The first kappa shape index (κ1) is 58.6. The summed E-state index contributed by atoms with van der Waals surface area (Å²) in [5.74, 6) is -0.954. The molecule has 6 nitrogen and oxygen atoms in total. The number of ether oxygens (including phenoxy) is 3. The van der Waals surface area contributed by atoms with Crippen LogP contribution >= 0.6 is 0 Å². The first-order chi connectivity index (χ1) is 30.5. The van der Waals surface area contributed by atoms with Crippen molar-refractivity contribution in [3.63, 3.8) is 0 Å². The van der Waals surface area contributed by atoms with E-state index in [2.05, 4.69) is 57.2 Å². The van der Waals surface area contributed by atoms with Gasteiger partial charge >= 0.3 is 17.9 Å². The minimum atomic E-state index is -0.802. The number of esters is 3. The summed E-state index contributed by atoms with van der Waals surface area (Å²) in [5, 5.41) is 0. The molecular weight excluding hydrogens is 769 g/mol. The van der Waals surface area contributed by atoms with E-state index in [1.54, 1.807) is 0 Å². The maximum absolute atomic E-state index is 12.8. The summed E-state index contributed by atoms with van der Waals surface area (Å²) in [6.07, 6.45) is 64.3. The molecule has 62 heavy (non-hydrogen) atoms. The lowest BCUT2D eigenvalue weighted by Crippen LogP contribution is -2.30. The van der Waals surface area contributed by atoms with Crippen molar-refractivity contribution in [1.29, 1.82) is 0 Å². The Hall–Kier alpha value is -3.41. The molecule has 0 aromatic rings. The third-order valence-corrected chi connectivity index (χ3v) is 10.8. The zero-order valence-electron chi connectivity index (χ0n) is 40.4. The third kappa shape index (κ3) is 47.6. The predicted octanol–water partition coefficient (Wildman–Crippen LogP) is 16.8. The third-order valence-electron chi connectivity index (χ3n) is 10.8. The fourth-order valence-electron chi connectivity index (χ4n) is 6.97. The number of unbranched alkanes of at least 4 members (excludes halogenated alkanes) is 24. The number of rotatable bonds is 45. The Labute approximate surface area is 382 Å². The smallest absolute Gasteiger partial charge is 0.306 e. The second-order valence-electron chi connectivity index (χ2n) is 16.8. The van der Waals surface area contributed by atoms with Crippen molar-refractivity contribution in [3.05, 3.63) is 85.1 Å². The lowest BCUT2D eigenvalue weighted by atomic mass is 10.0. The highest BCUT2D eigenvalue weighted by Crippen LogP contribution is 2.15. The molecule has 6 heteroatoms. The molecular formula is C56H94O6. The minimum absolute atomic E-state index is 0.0974. The zero-order chi connectivity index (χ0) is 45.1. The van der Waals surface area contributed by atoms with Crippen LogP contribution < -0.4 is 0 Å². The van der Waals surface area contributed by atoms with Gasteiger partial charge in [0.2, 0.25) is 0 Å². The highest BCUT2D eigenvalue weighted by Gasteiger charge is 2.19. The second kappa shape index (κ2) is 50.2. The molecule has 1 unspecified atom stereocenters. The summed E-state index contributed by atoms with van der Waals surface area (Å²) < 4.78 is 16.7. The molecule has 0 bridgehead atoms. The molecule has 0 aliphatic rings. The molecule has 0 amide bonds. The van der Waals surface area contributed by atoms with Crippen molar-refractivity contribution in [1.82, 2.24) is 0 Å². The normalized spacial score (nSPS) is 12.8. The van der Waals surface area contributed by atoms with E-state index in [0.717, 1.165) is 96.3 Å². The van der Waals surface area contributed by atoms with Gasteiger partial charge in [-0.15, -0.1) is 0 Å². The van der Waals surface area contributed by atoms with Crippen LogP contribution in [0.2, 0.25) is 0 Å². The van der Waals surface area contributed by atoms with E-state index >= 15 is 0 Å². The summed E-state index contributed by atoms with van der Waals surface area (Å²) in [4.78, 5) is 37.9. The van der Waals surface area contributed by atoms with Crippen LogP contribution in [-0.2, 0) is 28.6 Å². The Balaban J connectivity index is 4.44. The quantitative estimate of drug-likeness (QED) is 0.0199. The van der Waals surface area contributed by atoms with Gasteiger partial charge in [-0.1, -0.05) is 234 Å². The molecule has 0 aromatic heterocycles. The summed E-state index contributed by atoms with van der Waals surface area (Å²) in [6, 6.07) is 0. The van der Waals surface area contributed by atoms with Crippen molar-refractivity contribution in [2.75, 3.05) is 13.2 Å². The number of carbonyl (C=O) groups excluding carboxylic acids is 3. The number of carbonyl (C=O) groups is 3. The number of hydrogen-bond donors (Lipinski definition) is 0. The monoisotopic (exact) mass is 863 g/mol. The van der Waals surface area contributed by atoms with Gasteiger partial charge in [0, 0.05) is 19.3 Å². The molecule has 0 radical (unpaired) electrons. The molecule has 0 N–H and O–H groups in total. The first-order valence-electron chi connectivity index (χ1n) is 25.7. The molecule has 0 aliphatic carbocycles. The average molecular weight is 863 g/mol. The minimum Gasteiger partial charge on any atom is -0.462 e. The van der Waals surface area contributed by atoms with Crippen molar-refractivity contribution >= 4 is 17.9 Å². The van der Waals surface area contributed by atoms with Crippen LogP contribution in [0.4, 0.5) is 0 Å². The van der Waals surface area contributed by atoms with E-state index < -0.39 is 6.10 Å². The van der Waals surface area contributed by atoms with Crippen molar-refractivity contribution in [2.24, 2.45) is 0 Å². The van der Waals surface area contributed by atoms with Crippen LogP contribution in [0.3, 0.4) is 0 Å². The van der Waals surface area contributed by atoms with Gasteiger partial charge in [-0.3, -0.25) is 14.4 Å². The van der Waals surface area contributed by atoms with Gasteiger partial charge in [0.25, 0.3) is 0 Å². The Morgan fingerprint density at radius 2 is 0.710 bits per heavy atom. The van der Waals surface area contributed by atoms with Gasteiger partial charge in [0.15, 0.2) is 6.10 Å². The molecule has 0 aliphatic heterocycles. The summed E-state index contributed by atoms with van der Waals surface area (Å²) >= 11 is 0. The fraction of sp³-hybridized carbons (Fsp3) is 0.696. The van der Waals surface area contributed by atoms with Gasteiger partial charge < -0.3 is 14.2 Å². The molecule has 0 saturated carbocycles.